The van der Waals surface area contributed by atoms with E-state index in [9.17, 15) is 5.11 Å². The molecule has 1 N–H and O–H groups in total. The van der Waals surface area contributed by atoms with Crippen molar-refractivity contribution in [2.24, 2.45) is 0 Å². The Morgan fingerprint density at radius 2 is 2.43 bits per heavy atom. The van der Waals surface area contributed by atoms with Crippen molar-refractivity contribution in [1.82, 2.24) is 0 Å². The predicted octanol–water partition coefficient (Wildman–Crippen LogP) is 3.15. The molecule has 0 spiro atoms. The second kappa shape index (κ2) is 5.17. The lowest BCUT2D eigenvalue weighted by molar-refractivity contribution is 0.177. The highest BCUT2D eigenvalue weighted by atomic mass is 32.1. The van der Waals surface area contributed by atoms with Crippen LogP contribution in [0.3, 0.4) is 0 Å². The molecule has 1 aromatic heterocycles. The van der Waals surface area contributed by atoms with Gasteiger partial charge in [0.1, 0.15) is 5.75 Å². The highest BCUT2D eigenvalue weighted by Crippen LogP contribution is 2.34. The van der Waals surface area contributed by atoms with E-state index in [1.807, 2.05) is 18.4 Å². The van der Waals surface area contributed by atoms with Crippen LogP contribution in [0.4, 0.5) is 0 Å². The van der Waals surface area contributed by atoms with Gasteiger partial charge in [-0.25, -0.2) is 0 Å². The molecular weight excluding hydrogens is 196 g/mol. The number of hydrogen-bond donors (Lipinski definition) is 1. The molecule has 1 heterocycles. The molecular formula is C11H16O2S. The molecule has 0 fully saturated rings. The lowest BCUT2D eigenvalue weighted by Crippen LogP contribution is -1.98. The first kappa shape index (κ1) is 11.3. The van der Waals surface area contributed by atoms with Gasteiger partial charge in [0.15, 0.2) is 0 Å². The minimum Gasteiger partial charge on any atom is -0.495 e. The molecule has 0 radical (unpaired) electrons. The molecule has 2 nitrogen and oxygen atoms in total. The molecule has 1 rings (SSSR count). The van der Waals surface area contributed by atoms with E-state index >= 15 is 0 Å². The summed E-state index contributed by atoms with van der Waals surface area (Å²) in [4.78, 5) is 0.891. The Balaban J connectivity index is 2.68. The smallest absolute Gasteiger partial charge is 0.135 e. The van der Waals surface area contributed by atoms with Gasteiger partial charge in [-0.3, -0.25) is 0 Å². The van der Waals surface area contributed by atoms with Crippen LogP contribution in [0.15, 0.2) is 23.6 Å². The van der Waals surface area contributed by atoms with E-state index in [0.717, 1.165) is 22.6 Å². The molecule has 0 saturated carbocycles. The second-order valence-corrected chi connectivity index (χ2v) is 4.12. The topological polar surface area (TPSA) is 29.5 Å². The van der Waals surface area contributed by atoms with E-state index in [-0.39, 0.29) is 0 Å². The predicted molar refractivity (Wildman–Crippen MR) is 59.9 cm³/mol. The molecule has 14 heavy (non-hydrogen) atoms. The monoisotopic (exact) mass is 212 g/mol. The van der Waals surface area contributed by atoms with Gasteiger partial charge in [0, 0.05) is 0 Å². The van der Waals surface area contributed by atoms with Crippen LogP contribution in [0, 0.1) is 0 Å². The van der Waals surface area contributed by atoms with Crippen molar-refractivity contribution in [3.8, 4) is 5.75 Å². The molecule has 0 bridgehead atoms. The van der Waals surface area contributed by atoms with Gasteiger partial charge < -0.3 is 9.84 Å². The van der Waals surface area contributed by atoms with E-state index in [1.54, 1.807) is 7.11 Å². The quantitative estimate of drug-likeness (QED) is 0.760. The van der Waals surface area contributed by atoms with Crippen molar-refractivity contribution in [1.29, 1.82) is 0 Å². The molecule has 1 unspecified atom stereocenters. The van der Waals surface area contributed by atoms with Crippen LogP contribution in [0.5, 0.6) is 5.75 Å². The molecule has 1 atom stereocenters. The molecule has 78 valence electrons. The van der Waals surface area contributed by atoms with Crippen molar-refractivity contribution in [3.63, 3.8) is 0 Å². The summed E-state index contributed by atoms with van der Waals surface area (Å²) in [6, 6.07) is 1.87. The summed E-state index contributed by atoms with van der Waals surface area (Å²) in [6.45, 7) is 5.92. The Kier molecular flexibility index (Phi) is 4.17. The van der Waals surface area contributed by atoms with Crippen LogP contribution < -0.4 is 4.74 Å². The summed E-state index contributed by atoms with van der Waals surface area (Å²) in [5, 5.41) is 11.8. The van der Waals surface area contributed by atoms with E-state index in [1.165, 1.54) is 11.3 Å². The molecule has 0 aliphatic rings. The Bertz CT molecular complexity index is 304. The molecule has 0 amide bonds. The summed E-state index contributed by atoms with van der Waals surface area (Å²) in [7, 11) is 1.62. The third-order valence-electron chi connectivity index (χ3n) is 2.16. The molecule has 0 aliphatic heterocycles. The van der Waals surface area contributed by atoms with Crippen molar-refractivity contribution in [2.75, 3.05) is 7.11 Å². The fourth-order valence-corrected chi connectivity index (χ4v) is 2.08. The maximum atomic E-state index is 9.89. The van der Waals surface area contributed by atoms with E-state index in [0.29, 0.717) is 6.42 Å². The van der Waals surface area contributed by atoms with E-state index in [2.05, 4.69) is 6.58 Å². The van der Waals surface area contributed by atoms with Crippen LogP contribution in [0.25, 0.3) is 0 Å². The van der Waals surface area contributed by atoms with Crippen molar-refractivity contribution >= 4 is 11.3 Å². The fraction of sp³-hybridized carbons (Fsp3) is 0.455. The SMILES string of the molecule is C=C(CC)CC(O)c1sccc1OC. The Morgan fingerprint density at radius 1 is 1.71 bits per heavy atom. The highest BCUT2D eigenvalue weighted by Gasteiger charge is 2.15. The Morgan fingerprint density at radius 3 is 3.00 bits per heavy atom. The van der Waals surface area contributed by atoms with Gasteiger partial charge in [-0.2, -0.15) is 0 Å². The van der Waals surface area contributed by atoms with E-state index < -0.39 is 6.10 Å². The van der Waals surface area contributed by atoms with Crippen molar-refractivity contribution in [2.45, 2.75) is 25.9 Å². The molecule has 0 saturated heterocycles. The number of aliphatic hydroxyl groups is 1. The maximum Gasteiger partial charge on any atom is 0.135 e. The van der Waals surface area contributed by atoms with Crippen LogP contribution in [-0.4, -0.2) is 12.2 Å². The standard InChI is InChI=1S/C11H16O2S/c1-4-8(2)7-9(12)11-10(13-3)5-6-14-11/h5-6,9,12H,2,4,7H2,1,3H3. The Labute approximate surface area is 88.8 Å². The number of ether oxygens (including phenoxy) is 1. The van der Waals surface area contributed by atoms with Crippen LogP contribution in [0.1, 0.15) is 30.7 Å². The fourth-order valence-electron chi connectivity index (χ4n) is 1.23. The first-order valence-electron chi connectivity index (χ1n) is 4.65. The zero-order valence-electron chi connectivity index (χ0n) is 8.62. The molecule has 0 aliphatic carbocycles. The van der Waals surface area contributed by atoms with Crippen LogP contribution >= 0.6 is 11.3 Å². The van der Waals surface area contributed by atoms with Crippen LogP contribution in [-0.2, 0) is 0 Å². The first-order chi connectivity index (χ1) is 6.69. The second-order valence-electron chi connectivity index (χ2n) is 3.18. The van der Waals surface area contributed by atoms with E-state index in [4.69, 9.17) is 4.74 Å². The van der Waals surface area contributed by atoms with Gasteiger partial charge in [0.2, 0.25) is 0 Å². The summed E-state index contributed by atoms with van der Waals surface area (Å²) in [5.74, 6) is 0.770. The van der Waals surface area contributed by atoms with Gasteiger partial charge >= 0.3 is 0 Å². The van der Waals surface area contributed by atoms with Crippen LogP contribution in [0.2, 0.25) is 0 Å². The maximum absolute atomic E-state index is 9.89. The third kappa shape index (κ3) is 2.59. The van der Waals surface area contributed by atoms with Crippen molar-refractivity contribution in [3.05, 3.63) is 28.5 Å². The number of thiophene rings is 1. The first-order valence-corrected chi connectivity index (χ1v) is 5.53. The zero-order chi connectivity index (χ0) is 10.6. The summed E-state index contributed by atoms with van der Waals surface area (Å²) in [6.07, 6.45) is 1.05. The lowest BCUT2D eigenvalue weighted by atomic mass is 10.1. The Hall–Kier alpha value is -0.800. The van der Waals surface area contributed by atoms with Crippen molar-refractivity contribution < 1.29 is 9.84 Å². The average Bonchev–Trinajstić information content (AvgIpc) is 2.65. The highest BCUT2D eigenvalue weighted by molar-refractivity contribution is 7.10. The molecule has 1 aromatic rings. The minimum absolute atomic E-state index is 0.475. The normalized spacial score (nSPS) is 12.5. The average molecular weight is 212 g/mol. The summed E-state index contributed by atoms with van der Waals surface area (Å²) in [5.41, 5.74) is 1.06. The largest absolute Gasteiger partial charge is 0.495 e. The van der Waals surface area contributed by atoms with Gasteiger partial charge in [-0.05, 0) is 24.3 Å². The third-order valence-corrected chi connectivity index (χ3v) is 3.16. The molecule has 0 aromatic carbocycles. The lowest BCUT2D eigenvalue weighted by Gasteiger charge is -2.11. The number of aliphatic hydroxyl groups excluding tert-OH is 1. The zero-order valence-corrected chi connectivity index (χ0v) is 9.43. The summed E-state index contributed by atoms with van der Waals surface area (Å²) >= 11 is 1.52. The number of rotatable bonds is 5. The minimum atomic E-state index is -0.475. The number of hydrogen-bond acceptors (Lipinski definition) is 3. The van der Waals surface area contributed by atoms with Gasteiger partial charge in [-0.1, -0.05) is 19.1 Å². The number of methoxy groups -OCH3 is 1. The van der Waals surface area contributed by atoms with Gasteiger partial charge in [0.25, 0.3) is 0 Å². The van der Waals surface area contributed by atoms with Gasteiger partial charge in [-0.15, -0.1) is 11.3 Å². The molecule has 3 heteroatoms. The summed E-state index contributed by atoms with van der Waals surface area (Å²) < 4.78 is 5.14. The van der Waals surface area contributed by atoms with Gasteiger partial charge in [0.05, 0.1) is 18.1 Å².